The van der Waals surface area contributed by atoms with E-state index in [1.165, 1.54) is 0 Å². The van der Waals surface area contributed by atoms with E-state index in [0.29, 0.717) is 13.2 Å². The molecule has 0 atom stereocenters. The van der Waals surface area contributed by atoms with Crippen molar-refractivity contribution in [2.45, 2.75) is 13.2 Å². The van der Waals surface area contributed by atoms with E-state index in [1.54, 1.807) is 13.3 Å². The van der Waals surface area contributed by atoms with E-state index in [0.717, 1.165) is 32.7 Å². The minimum atomic E-state index is 0.535. The van der Waals surface area contributed by atoms with Gasteiger partial charge in [0.15, 0.2) is 0 Å². The van der Waals surface area contributed by atoms with E-state index in [-0.39, 0.29) is 0 Å². The minimum Gasteiger partial charge on any atom is -0.496 e. The molecule has 3 aromatic carbocycles. The van der Waals surface area contributed by atoms with Crippen molar-refractivity contribution < 1.29 is 9.47 Å². The number of rotatable bonds is 8. The third-order valence-corrected chi connectivity index (χ3v) is 4.58. The van der Waals surface area contributed by atoms with Gasteiger partial charge < -0.3 is 14.9 Å². The van der Waals surface area contributed by atoms with Gasteiger partial charge in [-0.3, -0.25) is 0 Å². The van der Waals surface area contributed by atoms with E-state index >= 15 is 0 Å². The van der Waals surface area contributed by atoms with Gasteiger partial charge in [0.05, 0.1) is 24.3 Å². The second-order valence-electron chi connectivity index (χ2n) is 5.87. The van der Waals surface area contributed by atoms with Crippen molar-refractivity contribution in [2.75, 3.05) is 7.11 Å². The molecule has 4 nitrogen and oxygen atoms in total. The summed E-state index contributed by atoms with van der Waals surface area (Å²) in [5.74, 6) is 1.65. The highest BCUT2D eigenvalue weighted by molar-refractivity contribution is 9.10. The highest BCUT2D eigenvalue weighted by atomic mass is 79.9. The monoisotopic (exact) mass is 424 g/mol. The van der Waals surface area contributed by atoms with Crippen LogP contribution in [0.15, 0.2) is 82.4 Å². The Hall–Kier alpha value is -2.79. The Kier molecular flexibility index (Phi) is 6.88. The number of ether oxygens (including phenoxy) is 2. The first-order valence-corrected chi connectivity index (χ1v) is 9.39. The summed E-state index contributed by atoms with van der Waals surface area (Å²) in [5.41, 5.74) is 6.22. The largest absolute Gasteiger partial charge is 0.496 e. The molecule has 5 heteroatoms. The van der Waals surface area contributed by atoms with Gasteiger partial charge in [-0.1, -0.05) is 48.5 Å². The molecule has 0 saturated carbocycles. The number of nitrogens with one attached hydrogen (secondary N) is 1. The number of methoxy groups -OCH3 is 1. The van der Waals surface area contributed by atoms with E-state index in [9.17, 15) is 0 Å². The summed E-state index contributed by atoms with van der Waals surface area (Å²) in [6.07, 6.45) is 1.78. The molecule has 0 aliphatic heterocycles. The normalized spacial score (nSPS) is 10.7. The lowest BCUT2D eigenvalue weighted by Gasteiger charge is -2.09. The summed E-state index contributed by atoms with van der Waals surface area (Å²) in [4.78, 5) is 0. The topological polar surface area (TPSA) is 42.8 Å². The van der Waals surface area contributed by atoms with Gasteiger partial charge in [-0.05, 0) is 51.3 Å². The van der Waals surface area contributed by atoms with Crippen LogP contribution in [0, 0.1) is 0 Å². The van der Waals surface area contributed by atoms with Crippen molar-refractivity contribution in [3.8, 4) is 11.5 Å². The Balaban J connectivity index is 1.54. The molecule has 1 N–H and O–H groups in total. The number of halogens is 1. The Morgan fingerprint density at radius 2 is 1.74 bits per heavy atom. The minimum absolute atomic E-state index is 0.535. The van der Waals surface area contributed by atoms with Crippen molar-refractivity contribution >= 4 is 22.1 Å². The molecule has 0 spiro atoms. The Bertz CT molecular complexity index is 898. The molecule has 3 aromatic rings. The lowest BCUT2D eigenvalue weighted by atomic mass is 10.2. The van der Waals surface area contributed by atoms with Crippen LogP contribution < -0.4 is 14.9 Å². The fraction of sp³-hybridized carbons (Fsp3) is 0.136. The molecule has 27 heavy (non-hydrogen) atoms. The Labute approximate surface area is 168 Å². The molecule has 138 valence electrons. The maximum Gasteiger partial charge on any atom is 0.134 e. The van der Waals surface area contributed by atoms with Gasteiger partial charge in [0.25, 0.3) is 0 Å². The van der Waals surface area contributed by atoms with E-state index in [1.807, 2.05) is 72.8 Å². The first kappa shape index (κ1) is 19.0. The maximum atomic E-state index is 5.87. The van der Waals surface area contributed by atoms with E-state index < -0.39 is 0 Å². The van der Waals surface area contributed by atoms with Gasteiger partial charge in [0, 0.05) is 5.56 Å². The van der Waals surface area contributed by atoms with Crippen LogP contribution in [0.4, 0.5) is 0 Å². The third kappa shape index (κ3) is 5.59. The van der Waals surface area contributed by atoms with Crippen LogP contribution in [0.2, 0.25) is 0 Å². The zero-order valence-corrected chi connectivity index (χ0v) is 16.6. The number of hydrogen-bond donors (Lipinski definition) is 1. The van der Waals surface area contributed by atoms with Gasteiger partial charge >= 0.3 is 0 Å². The van der Waals surface area contributed by atoms with Crippen LogP contribution in [0.1, 0.15) is 16.7 Å². The van der Waals surface area contributed by atoms with Gasteiger partial charge in [0.2, 0.25) is 0 Å². The Morgan fingerprint density at radius 1 is 0.963 bits per heavy atom. The molecule has 3 rings (SSSR count). The lowest BCUT2D eigenvalue weighted by Crippen LogP contribution is -2.06. The van der Waals surface area contributed by atoms with E-state index in [4.69, 9.17) is 9.47 Å². The summed E-state index contributed by atoms with van der Waals surface area (Å²) < 4.78 is 12.1. The number of hydrogen-bond acceptors (Lipinski definition) is 4. The highest BCUT2D eigenvalue weighted by Crippen LogP contribution is 2.26. The fourth-order valence-electron chi connectivity index (χ4n) is 2.55. The molecule has 0 unspecified atom stereocenters. The summed E-state index contributed by atoms with van der Waals surface area (Å²) in [5, 5.41) is 4.28. The van der Waals surface area contributed by atoms with Crippen molar-refractivity contribution in [3.63, 3.8) is 0 Å². The van der Waals surface area contributed by atoms with Gasteiger partial charge in [-0.2, -0.15) is 5.10 Å². The molecule has 0 fully saturated rings. The van der Waals surface area contributed by atoms with Crippen molar-refractivity contribution in [1.29, 1.82) is 0 Å². The molecule has 0 amide bonds. The van der Waals surface area contributed by atoms with Crippen LogP contribution in [0.5, 0.6) is 11.5 Å². The van der Waals surface area contributed by atoms with Gasteiger partial charge in [0.1, 0.15) is 18.1 Å². The number of para-hydroxylation sites is 1. The first-order chi connectivity index (χ1) is 13.3. The van der Waals surface area contributed by atoms with Gasteiger partial charge in [-0.25, -0.2) is 0 Å². The summed E-state index contributed by atoms with van der Waals surface area (Å²) in [6, 6.07) is 23.9. The van der Waals surface area contributed by atoms with Crippen molar-refractivity contribution in [1.82, 2.24) is 5.43 Å². The average Bonchev–Trinajstić information content (AvgIpc) is 2.71. The maximum absolute atomic E-state index is 5.87. The number of nitrogens with zero attached hydrogens (tertiary/aromatic N) is 1. The molecule has 0 aromatic heterocycles. The standard InChI is InChI=1S/C22H21BrN2O2/c1-26-21-10-6-5-9-19(21)15-25-24-14-18-11-12-22(20(23)13-18)27-16-17-7-3-2-4-8-17/h2-14,25H,15-16H2,1H3/b24-14-. The quantitative estimate of drug-likeness (QED) is 0.401. The summed E-state index contributed by atoms with van der Waals surface area (Å²) >= 11 is 3.56. The lowest BCUT2D eigenvalue weighted by molar-refractivity contribution is 0.304. The predicted octanol–water partition coefficient (Wildman–Crippen LogP) is 5.16. The van der Waals surface area contributed by atoms with Gasteiger partial charge in [-0.15, -0.1) is 0 Å². The first-order valence-electron chi connectivity index (χ1n) is 8.60. The molecule has 0 heterocycles. The number of benzene rings is 3. The molecule has 0 aliphatic carbocycles. The SMILES string of the molecule is COc1ccccc1CN/N=C\c1ccc(OCc2ccccc2)c(Br)c1. The third-order valence-electron chi connectivity index (χ3n) is 3.96. The second-order valence-corrected chi connectivity index (χ2v) is 6.72. The summed E-state index contributed by atoms with van der Waals surface area (Å²) in [7, 11) is 1.67. The van der Waals surface area contributed by atoms with Crippen LogP contribution in [-0.4, -0.2) is 13.3 Å². The van der Waals surface area contributed by atoms with Crippen LogP contribution in [0.25, 0.3) is 0 Å². The summed E-state index contributed by atoms with van der Waals surface area (Å²) in [6.45, 7) is 1.13. The smallest absolute Gasteiger partial charge is 0.134 e. The predicted molar refractivity (Wildman–Crippen MR) is 112 cm³/mol. The van der Waals surface area contributed by atoms with Crippen LogP contribution >= 0.6 is 15.9 Å². The van der Waals surface area contributed by atoms with Crippen LogP contribution in [-0.2, 0) is 13.2 Å². The molecular formula is C22H21BrN2O2. The van der Waals surface area contributed by atoms with Crippen LogP contribution in [0.3, 0.4) is 0 Å². The average molecular weight is 425 g/mol. The Morgan fingerprint density at radius 3 is 2.52 bits per heavy atom. The molecule has 0 bridgehead atoms. The van der Waals surface area contributed by atoms with Crippen molar-refractivity contribution in [2.24, 2.45) is 5.10 Å². The van der Waals surface area contributed by atoms with Crippen molar-refractivity contribution in [3.05, 3.63) is 94.0 Å². The fourth-order valence-corrected chi connectivity index (χ4v) is 3.06. The molecule has 0 aliphatic rings. The molecule has 0 saturated heterocycles. The molecule has 0 radical (unpaired) electrons. The second kappa shape index (κ2) is 9.78. The number of hydrazone groups is 1. The molecular weight excluding hydrogens is 404 g/mol. The zero-order chi connectivity index (χ0) is 18.9. The highest BCUT2D eigenvalue weighted by Gasteiger charge is 2.03. The van der Waals surface area contributed by atoms with E-state index in [2.05, 4.69) is 26.5 Å². The zero-order valence-electron chi connectivity index (χ0n) is 15.1.